The molecule has 0 atom stereocenters. The molecule has 0 saturated heterocycles. The topological polar surface area (TPSA) is 17.1 Å². The zero-order valence-corrected chi connectivity index (χ0v) is 13.4. The molecule has 0 aliphatic rings. The van der Waals surface area contributed by atoms with Crippen LogP contribution in [-0.2, 0) is 10.8 Å². The molecule has 0 aliphatic carbocycles. The lowest BCUT2D eigenvalue weighted by atomic mass is 10.3. The number of rotatable bonds is 2. The zero-order chi connectivity index (χ0) is 20.5. The van der Waals surface area contributed by atoms with Gasteiger partial charge in [-0.3, -0.25) is 0 Å². The fourth-order valence-corrected chi connectivity index (χ4v) is 2.81. The quantitative estimate of drug-likeness (QED) is 0.373. The van der Waals surface area contributed by atoms with Gasteiger partial charge in [-0.15, -0.1) is 0 Å². The van der Waals surface area contributed by atoms with E-state index in [2.05, 4.69) is 0 Å². The van der Waals surface area contributed by atoms with Crippen molar-refractivity contribution in [2.24, 2.45) is 0 Å². The highest BCUT2D eigenvalue weighted by Gasteiger charge is 2.35. The molecule has 0 N–H and O–H groups in total. The van der Waals surface area contributed by atoms with Crippen LogP contribution in [0.25, 0.3) is 0 Å². The van der Waals surface area contributed by atoms with Crippen molar-refractivity contribution < 1.29 is 48.1 Å². The normalized spacial score (nSPS) is 10.8. The molecule has 12 heteroatoms. The average molecular weight is 412 g/mol. The highest BCUT2D eigenvalue weighted by molar-refractivity contribution is 7.85. The van der Waals surface area contributed by atoms with Crippen LogP contribution in [0.15, 0.2) is 9.79 Å². The molecular weight excluding hydrogens is 406 g/mol. The van der Waals surface area contributed by atoms with Crippen molar-refractivity contribution in [1.29, 1.82) is 0 Å². The van der Waals surface area contributed by atoms with Gasteiger partial charge in [-0.25, -0.2) is 48.1 Å². The van der Waals surface area contributed by atoms with Gasteiger partial charge in [0, 0.05) is 0 Å². The minimum absolute atomic E-state index is 2.00. The maximum Gasteiger partial charge on any atom is 0.200 e. The Morgan fingerprint density at radius 2 is 0.577 bits per heavy atom. The van der Waals surface area contributed by atoms with Gasteiger partial charge in [0.05, 0.1) is 10.8 Å². The molecule has 0 aliphatic heterocycles. The van der Waals surface area contributed by atoms with Crippen LogP contribution in [0.4, 0.5) is 43.9 Å². The molecule has 0 saturated carbocycles. The predicted molar refractivity (Wildman–Crippen MR) is 68.5 cm³/mol. The second-order valence-electron chi connectivity index (χ2n) is 4.07. The van der Waals surface area contributed by atoms with Gasteiger partial charge in [0.25, 0.3) is 0 Å². The first kappa shape index (κ1) is 21.9. The van der Waals surface area contributed by atoms with Crippen molar-refractivity contribution in [1.82, 2.24) is 0 Å². The Balaban J connectivity index is 0.00000163. The van der Waals surface area contributed by atoms with Crippen molar-refractivity contribution >= 4 is 10.8 Å². The summed E-state index contributed by atoms with van der Waals surface area (Å²) < 4.78 is 143. The summed E-state index contributed by atoms with van der Waals surface area (Å²) in [6.07, 6.45) is 0. The van der Waals surface area contributed by atoms with Crippen LogP contribution in [0, 0.1) is 58.2 Å². The van der Waals surface area contributed by atoms with Crippen LogP contribution in [0.5, 0.6) is 0 Å². The van der Waals surface area contributed by atoms with Gasteiger partial charge in [-0.05, 0) is 0 Å². The van der Waals surface area contributed by atoms with E-state index in [1.807, 2.05) is 13.8 Å². The molecule has 2 rings (SSSR count). The minimum Gasteiger partial charge on any atom is -0.249 e. The molecule has 0 heterocycles. The summed E-state index contributed by atoms with van der Waals surface area (Å²) in [6.45, 7) is 4.00. The molecule has 2 aromatic carbocycles. The summed E-state index contributed by atoms with van der Waals surface area (Å²) in [7, 11) is -3.94. The van der Waals surface area contributed by atoms with Crippen LogP contribution in [0.2, 0.25) is 0 Å². The van der Waals surface area contributed by atoms with E-state index in [4.69, 9.17) is 0 Å². The molecule has 0 radical (unpaired) electrons. The van der Waals surface area contributed by atoms with Crippen molar-refractivity contribution in [2.45, 2.75) is 23.6 Å². The Morgan fingerprint density at radius 1 is 0.423 bits per heavy atom. The Kier molecular flexibility index (Phi) is 6.80. The van der Waals surface area contributed by atoms with E-state index >= 15 is 0 Å². The fraction of sp³-hybridized carbons (Fsp3) is 0.143. The van der Waals surface area contributed by atoms with Gasteiger partial charge >= 0.3 is 0 Å². The molecule has 0 fully saturated rings. The lowest BCUT2D eigenvalue weighted by Gasteiger charge is -2.10. The van der Waals surface area contributed by atoms with Crippen LogP contribution in [0.3, 0.4) is 0 Å². The molecule has 26 heavy (non-hydrogen) atoms. The third kappa shape index (κ3) is 3.29. The van der Waals surface area contributed by atoms with Crippen LogP contribution in [0.1, 0.15) is 13.8 Å². The Morgan fingerprint density at radius 3 is 0.769 bits per heavy atom. The summed E-state index contributed by atoms with van der Waals surface area (Å²) in [5.41, 5.74) is 0. The Bertz CT molecular complexity index is 767. The molecule has 0 bridgehead atoms. The third-order valence-electron chi connectivity index (χ3n) is 2.71. The molecule has 2 aromatic rings. The van der Waals surface area contributed by atoms with Gasteiger partial charge < -0.3 is 0 Å². The van der Waals surface area contributed by atoms with E-state index in [0.717, 1.165) is 0 Å². The molecular formula is C14H6F10OS. The Labute approximate surface area is 141 Å². The molecule has 1 nitrogen and oxygen atoms in total. The molecule has 0 unspecified atom stereocenters. The molecule has 0 spiro atoms. The SMILES string of the molecule is CC.O=S(c1c(F)c(F)c(F)c(F)c1F)c1c(F)c(F)c(F)c(F)c1F. The highest BCUT2D eigenvalue weighted by Crippen LogP contribution is 2.33. The maximum absolute atomic E-state index is 13.5. The first-order chi connectivity index (χ1) is 12.0. The van der Waals surface area contributed by atoms with Crippen molar-refractivity contribution in [3.63, 3.8) is 0 Å². The zero-order valence-electron chi connectivity index (χ0n) is 12.6. The number of hydrogen-bond donors (Lipinski definition) is 0. The van der Waals surface area contributed by atoms with Gasteiger partial charge in [0.1, 0.15) is 9.79 Å². The largest absolute Gasteiger partial charge is 0.249 e. The average Bonchev–Trinajstić information content (AvgIpc) is 2.63. The fourth-order valence-electron chi connectivity index (χ4n) is 1.60. The Hall–Kier alpha value is -2.11. The smallest absolute Gasteiger partial charge is 0.200 e. The van der Waals surface area contributed by atoms with Gasteiger partial charge in [-0.2, -0.15) is 0 Å². The predicted octanol–water partition coefficient (Wildman–Crippen LogP) is 5.27. The van der Waals surface area contributed by atoms with E-state index < -0.39 is 78.8 Å². The summed E-state index contributed by atoms with van der Waals surface area (Å²) in [5.74, 6) is -26.7. The van der Waals surface area contributed by atoms with Crippen molar-refractivity contribution in [3.8, 4) is 0 Å². The number of hydrogen-bond acceptors (Lipinski definition) is 1. The second kappa shape index (κ2) is 8.06. The van der Waals surface area contributed by atoms with E-state index in [0.29, 0.717) is 0 Å². The number of benzene rings is 2. The molecule has 0 amide bonds. The number of halogens is 10. The third-order valence-corrected chi connectivity index (χ3v) is 4.17. The monoisotopic (exact) mass is 412 g/mol. The second-order valence-corrected chi connectivity index (χ2v) is 5.42. The van der Waals surface area contributed by atoms with E-state index in [9.17, 15) is 48.1 Å². The van der Waals surface area contributed by atoms with Gasteiger partial charge in [0.2, 0.25) is 11.6 Å². The van der Waals surface area contributed by atoms with Gasteiger partial charge in [0.15, 0.2) is 46.5 Å². The van der Waals surface area contributed by atoms with Crippen molar-refractivity contribution in [2.75, 3.05) is 0 Å². The lowest BCUT2D eigenvalue weighted by Crippen LogP contribution is -2.14. The van der Waals surface area contributed by atoms with E-state index in [1.165, 1.54) is 0 Å². The summed E-state index contributed by atoms with van der Waals surface area (Å²) in [6, 6.07) is 0. The standard InChI is InChI=1S/C12F10OS.C2H6/c13-1-3(15)7(19)11(8(20)4(1)16)24(23)12-9(21)5(17)2(14)6(18)10(12)22;1-2/h;1-2H3. The molecule has 0 aromatic heterocycles. The lowest BCUT2D eigenvalue weighted by molar-refractivity contribution is 0.354. The van der Waals surface area contributed by atoms with Gasteiger partial charge in [-0.1, -0.05) is 13.8 Å². The first-order valence-electron chi connectivity index (χ1n) is 6.46. The summed E-state index contributed by atoms with van der Waals surface area (Å²) >= 11 is 0. The van der Waals surface area contributed by atoms with Crippen LogP contribution < -0.4 is 0 Å². The van der Waals surface area contributed by atoms with Crippen LogP contribution in [-0.4, -0.2) is 4.21 Å². The summed E-state index contributed by atoms with van der Waals surface area (Å²) in [4.78, 5) is -4.51. The first-order valence-corrected chi connectivity index (χ1v) is 7.61. The minimum atomic E-state index is -3.94. The maximum atomic E-state index is 13.5. The van der Waals surface area contributed by atoms with E-state index in [-0.39, 0.29) is 0 Å². The molecule has 144 valence electrons. The van der Waals surface area contributed by atoms with E-state index in [1.54, 1.807) is 0 Å². The highest BCUT2D eigenvalue weighted by atomic mass is 32.2. The van der Waals surface area contributed by atoms with Crippen LogP contribution >= 0.6 is 0 Å². The summed E-state index contributed by atoms with van der Waals surface area (Å²) in [5, 5.41) is 0. The van der Waals surface area contributed by atoms with Crippen molar-refractivity contribution in [3.05, 3.63) is 58.2 Å².